The first-order valence-electron chi connectivity index (χ1n) is 11.0. The molecular weight excluding hydrogens is 432 g/mol. The molecule has 5 rings (SSSR count). The zero-order valence-electron chi connectivity index (χ0n) is 18.2. The van der Waals surface area contributed by atoms with E-state index < -0.39 is 15.8 Å². The number of hydrogen-bond acceptors (Lipinski definition) is 8. The molecule has 9 nitrogen and oxygen atoms in total. The van der Waals surface area contributed by atoms with Gasteiger partial charge in [-0.05, 0) is 30.7 Å². The number of morpholine rings is 1. The van der Waals surface area contributed by atoms with Crippen LogP contribution >= 0.6 is 0 Å². The van der Waals surface area contributed by atoms with Crippen LogP contribution in [0.2, 0.25) is 0 Å². The van der Waals surface area contributed by atoms with Crippen molar-refractivity contribution in [2.75, 3.05) is 57.5 Å². The molecule has 0 bridgehead atoms. The van der Waals surface area contributed by atoms with Crippen LogP contribution in [0.15, 0.2) is 35.2 Å². The van der Waals surface area contributed by atoms with E-state index in [-0.39, 0.29) is 0 Å². The van der Waals surface area contributed by atoms with Gasteiger partial charge in [-0.25, -0.2) is 8.42 Å². The van der Waals surface area contributed by atoms with E-state index in [0.717, 1.165) is 37.3 Å². The number of anilines is 1. The van der Waals surface area contributed by atoms with Gasteiger partial charge in [0, 0.05) is 44.6 Å². The molecule has 3 saturated heterocycles. The van der Waals surface area contributed by atoms with Crippen LogP contribution in [0.25, 0.3) is 11.3 Å². The van der Waals surface area contributed by atoms with E-state index in [9.17, 15) is 8.42 Å². The minimum absolute atomic E-state index is 0.306. The lowest BCUT2D eigenvalue weighted by molar-refractivity contribution is -0.169. The highest BCUT2D eigenvalue weighted by Crippen LogP contribution is 2.33. The molecule has 2 aromatic rings. The second kappa shape index (κ2) is 8.68. The lowest BCUT2D eigenvalue weighted by atomic mass is 10.0. The van der Waals surface area contributed by atoms with Gasteiger partial charge >= 0.3 is 0 Å². The van der Waals surface area contributed by atoms with Crippen molar-refractivity contribution < 1.29 is 22.6 Å². The molecule has 0 N–H and O–H groups in total. The fourth-order valence-electron chi connectivity index (χ4n) is 4.47. The molecule has 0 saturated carbocycles. The number of rotatable bonds is 4. The lowest BCUT2D eigenvalue weighted by Gasteiger charge is -2.37. The molecule has 0 amide bonds. The van der Waals surface area contributed by atoms with E-state index in [1.54, 1.807) is 6.07 Å². The summed E-state index contributed by atoms with van der Waals surface area (Å²) in [4.78, 5) is 2.48. The van der Waals surface area contributed by atoms with Gasteiger partial charge in [0.15, 0.2) is 11.6 Å². The highest BCUT2D eigenvalue weighted by Gasteiger charge is 2.40. The zero-order chi connectivity index (χ0) is 22.2. The number of ether oxygens (including phenoxy) is 3. The number of piperidine rings is 1. The van der Waals surface area contributed by atoms with Gasteiger partial charge in [0.1, 0.15) is 0 Å². The maximum absolute atomic E-state index is 13.2. The molecule has 172 valence electrons. The van der Waals surface area contributed by atoms with Crippen LogP contribution < -0.4 is 4.90 Å². The van der Waals surface area contributed by atoms with E-state index in [2.05, 4.69) is 15.1 Å². The van der Waals surface area contributed by atoms with Crippen molar-refractivity contribution in [1.82, 2.24) is 14.5 Å². The normalized spacial score (nSPS) is 21.8. The topological polar surface area (TPSA) is 94.1 Å². The van der Waals surface area contributed by atoms with Crippen LogP contribution in [-0.4, -0.2) is 81.3 Å². The van der Waals surface area contributed by atoms with Gasteiger partial charge in [-0.3, -0.25) is 0 Å². The number of nitrogens with zero attached hydrogens (tertiary/aromatic N) is 4. The van der Waals surface area contributed by atoms with Crippen molar-refractivity contribution in [2.24, 2.45) is 0 Å². The number of benzene rings is 1. The first-order valence-corrected chi connectivity index (χ1v) is 12.5. The molecule has 1 spiro atoms. The van der Waals surface area contributed by atoms with Crippen molar-refractivity contribution in [2.45, 2.75) is 30.4 Å². The number of hydrogen-bond donors (Lipinski definition) is 0. The van der Waals surface area contributed by atoms with Crippen molar-refractivity contribution in [3.8, 4) is 11.3 Å². The molecule has 0 radical (unpaired) electrons. The molecule has 3 aliphatic heterocycles. The molecule has 32 heavy (non-hydrogen) atoms. The smallest absolute Gasteiger partial charge is 0.243 e. The standard InChI is InChI=1S/C22H28N4O5S/c1-17-2-3-18(16-20(17)32(27,28)26-10-12-29-13-11-26)19-4-5-21(24-23-19)25-8-6-22(7-9-25)30-14-15-31-22/h2-5,16H,6-15H2,1H3. The summed E-state index contributed by atoms with van der Waals surface area (Å²) in [5.74, 6) is 0.378. The Balaban J connectivity index is 1.34. The maximum Gasteiger partial charge on any atom is 0.243 e. The molecule has 3 aliphatic rings. The minimum atomic E-state index is -3.59. The summed E-state index contributed by atoms with van der Waals surface area (Å²) >= 11 is 0. The first kappa shape index (κ1) is 21.7. The van der Waals surface area contributed by atoms with Gasteiger partial charge in [-0.2, -0.15) is 4.31 Å². The summed E-state index contributed by atoms with van der Waals surface area (Å²) in [6, 6.07) is 9.24. The Morgan fingerprint density at radius 2 is 1.62 bits per heavy atom. The van der Waals surface area contributed by atoms with Gasteiger partial charge < -0.3 is 19.1 Å². The number of aryl methyl sites for hydroxylation is 1. The molecule has 1 aromatic carbocycles. The summed E-state index contributed by atoms with van der Waals surface area (Å²) in [7, 11) is -3.59. The molecular formula is C22H28N4O5S. The van der Waals surface area contributed by atoms with E-state index in [1.807, 2.05) is 31.2 Å². The van der Waals surface area contributed by atoms with Crippen LogP contribution in [0.3, 0.4) is 0 Å². The summed E-state index contributed by atoms with van der Waals surface area (Å²) in [6.45, 7) is 6.29. The van der Waals surface area contributed by atoms with Crippen molar-refractivity contribution >= 4 is 15.8 Å². The second-order valence-corrected chi connectivity index (χ2v) is 10.3. The SMILES string of the molecule is Cc1ccc(-c2ccc(N3CCC4(CC3)OCCO4)nn2)cc1S(=O)(=O)N1CCOCC1. The van der Waals surface area contributed by atoms with Crippen LogP contribution in [0, 0.1) is 6.92 Å². The molecule has 1 aromatic heterocycles. The Morgan fingerprint density at radius 3 is 2.28 bits per heavy atom. The van der Waals surface area contributed by atoms with E-state index in [1.165, 1.54) is 4.31 Å². The number of sulfonamides is 1. The molecule has 0 unspecified atom stereocenters. The third kappa shape index (κ3) is 4.13. The third-order valence-electron chi connectivity index (χ3n) is 6.39. The van der Waals surface area contributed by atoms with E-state index >= 15 is 0 Å². The predicted octanol–water partition coefficient (Wildman–Crippen LogP) is 1.82. The quantitative estimate of drug-likeness (QED) is 0.682. The van der Waals surface area contributed by atoms with Crippen molar-refractivity contribution in [1.29, 1.82) is 0 Å². The average Bonchev–Trinajstić information content (AvgIpc) is 3.28. The highest BCUT2D eigenvalue weighted by molar-refractivity contribution is 7.89. The number of aromatic nitrogens is 2. The Labute approximate surface area is 188 Å². The van der Waals surface area contributed by atoms with Crippen LogP contribution in [0.5, 0.6) is 0 Å². The molecule has 0 aliphatic carbocycles. The maximum atomic E-state index is 13.2. The second-order valence-electron chi connectivity index (χ2n) is 8.37. The van der Waals surface area contributed by atoms with Gasteiger partial charge in [0.25, 0.3) is 0 Å². The van der Waals surface area contributed by atoms with E-state index in [4.69, 9.17) is 14.2 Å². The predicted molar refractivity (Wildman–Crippen MR) is 118 cm³/mol. The van der Waals surface area contributed by atoms with Crippen LogP contribution in [0.1, 0.15) is 18.4 Å². The Bertz CT molecular complexity index is 1050. The lowest BCUT2D eigenvalue weighted by Crippen LogP contribution is -2.45. The van der Waals surface area contributed by atoms with Crippen LogP contribution in [-0.2, 0) is 24.2 Å². The summed E-state index contributed by atoms with van der Waals surface area (Å²) < 4.78 is 44.7. The van der Waals surface area contributed by atoms with E-state index in [0.29, 0.717) is 55.7 Å². The van der Waals surface area contributed by atoms with Gasteiger partial charge in [-0.1, -0.05) is 12.1 Å². The monoisotopic (exact) mass is 460 g/mol. The third-order valence-corrected chi connectivity index (χ3v) is 8.43. The largest absolute Gasteiger partial charge is 0.379 e. The Morgan fingerprint density at radius 1 is 0.906 bits per heavy atom. The highest BCUT2D eigenvalue weighted by atomic mass is 32.2. The van der Waals surface area contributed by atoms with Crippen molar-refractivity contribution in [3.05, 3.63) is 35.9 Å². The molecule has 10 heteroatoms. The Hall–Kier alpha value is -2.11. The summed E-state index contributed by atoms with van der Waals surface area (Å²) in [5.41, 5.74) is 2.08. The first-order chi connectivity index (χ1) is 15.5. The van der Waals surface area contributed by atoms with Gasteiger partial charge in [-0.15, -0.1) is 10.2 Å². The zero-order valence-corrected chi connectivity index (χ0v) is 19.0. The van der Waals surface area contributed by atoms with Crippen LogP contribution in [0.4, 0.5) is 5.82 Å². The average molecular weight is 461 g/mol. The minimum Gasteiger partial charge on any atom is -0.379 e. The Kier molecular flexibility index (Phi) is 5.89. The fourth-order valence-corrected chi connectivity index (χ4v) is 6.13. The molecule has 3 fully saturated rings. The summed E-state index contributed by atoms with van der Waals surface area (Å²) in [5, 5.41) is 8.81. The van der Waals surface area contributed by atoms with Crippen molar-refractivity contribution in [3.63, 3.8) is 0 Å². The molecule has 4 heterocycles. The summed E-state index contributed by atoms with van der Waals surface area (Å²) in [6.07, 6.45) is 1.61. The fraction of sp³-hybridized carbons (Fsp3) is 0.545. The van der Waals surface area contributed by atoms with Gasteiger partial charge in [0.2, 0.25) is 10.0 Å². The molecule has 0 atom stereocenters. The van der Waals surface area contributed by atoms with Gasteiger partial charge in [0.05, 0.1) is 37.0 Å².